The molecular formula is C23H20N2O3. The molecule has 0 saturated carbocycles. The predicted octanol–water partition coefficient (Wildman–Crippen LogP) is 4.55. The van der Waals surface area contributed by atoms with Crippen molar-refractivity contribution in [2.24, 2.45) is 11.0 Å². The fraction of sp³-hybridized carbons (Fsp3) is 0.130. The molecule has 0 aromatic heterocycles. The van der Waals surface area contributed by atoms with Crippen LogP contribution in [0.3, 0.4) is 0 Å². The van der Waals surface area contributed by atoms with E-state index in [1.807, 2.05) is 55.5 Å². The number of hydrazone groups is 1. The maximum absolute atomic E-state index is 12.6. The number of para-hydroxylation sites is 2. The number of nitrogens with zero attached hydrogens (tertiary/aromatic N) is 1. The summed E-state index contributed by atoms with van der Waals surface area (Å²) in [6, 6.07) is 23.9. The average molecular weight is 372 g/mol. The maximum Gasteiger partial charge on any atom is 0.319 e. The van der Waals surface area contributed by atoms with Crippen molar-refractivity contribution in [1.82, 2.24) is 0 Å². The van der Waals surface area contributed by atoms with Crippen molar-refractivity contribution in [2.45, 2.75) is 12.8 Å². The summed E-state index contributed by atoms with van der Waals surface area (Å²) in [7, 11) is 0. The highest BCUT2D eigenvalue weighted by Gasteiger charge is 2.39. The van der Waals surface area contributed by atoms with E-state index in [-0.39, 0.29) is 17.6 Å². The van der Waals surface area contributed by atoms with Crippen LogP contribution in [0.1, 0.15) is 24.0 Å². The van der Waals surface area contributed by atoms with E-state index in [4.69, 9.17) is 4.74 Å². The zero-order valence-corrected chi connectivity index (χ0v) is 15.4. The standard InChI is InChI=1S/C23H20N2O3/c1-15(21-19-9-5-6-10-20(19)28-23(21)27)22(16-11-13-18(26)14-12-16)25-24-17-7-3-2-4-8-17/h2-15,21,24,26H,1H3/b25-22-/t15-,21-/m1/s1. The molecule has 0 amide bonds. The fourth-order valence-electron chi connectivity index (χ4n) is 3.46. The molecule has 1 aliphatic rings. The van der Waals surface area contributed by atoms with Gasteiger partial charge in [-0.2, -0.15) is 5.10 Å². The van der Waals surface area contributed by atoms with Crippen molar-refractivity contribution >= 4 is 17.4 Å². The number of rotatable bonds is 5. The molecule has 0 spiro atoms. The molecule has 0 saturated heterocycles. The number of anilines is 1. The smallest absolute Gasteiger partial charge is 0.319 e. The molecule has 1 heterocycles. The van der Waals surface area contributed by atoms with Crippen LogP contribution in [-0.4, -0.2) is 16.8 Å². The van der Waals surface area contributed by atoms with Gasteiger partial charge in [-0.15, -0.1) is 0 Å². The van der Waals surface area contributed by atoms with Crippen LogP contribution in [0.5, 0.6) is 11.5 Å². The molecule has 0 aliphatic carbocycles. The number of fused-ring (bicyclic) bond motifs is 1. The number of hydrogen-bond donors (Lipinski definition) is 2. The zero-order chi connectivity index (χ0) is 19.5. The first-order chi connectivity index (χ1) is 13.6. The third kappa shape index (κ3) is 3.47. The summed E-state index contributed by atoms with van der Waals surface area (Å²) in [5, 5.41) is 14.3. The average Bonchev–Trinajstić information content (AvgIpc) is 3.05. The third-order valence-electron chi connectivity index (χ3n) is 4.89. The number of aromatic hydroxyl groups is 1. The highest BCUT2D eigenvalue weighted by atomic mass is 16.5. The summed E-state index contributed by atoms with van der Waals surface area (Å²) >= 11 is 0. The summed E-state index contributed by atoms with van der Waals surface area (Å²) in [5.41, 5.74) is 6.32. The van der Waals surface area contributed by atoms with Crippen LogP contribution in [-0.2, 0) is 4.79 Å². The molecule has 5 nitrogen and oxygen atoms in total. The highest BCUT2D eigenvalue weighted by Crippen LogP contribution is 2.40. The van der Waals surface area contributed by atoms with E-state index < -0.39 is 5.92 Å². The molecule has 0 radical (unpaired) electrons. The van der Waals surface area contributed by atoms with E-state index in [0.29, 0.717) is 11.5 Å². The van der Waals surface area contributed by atoms with Crippen LogP contribution < -0.4 is 10.2 Å². The quantitative estimate of drug-likeness (QED) is 0.298. The molecule has 3 aromatic rings. The van der Waals surface area contributed by atoms with Gasteiger partial charge in [0, 0.05) is 11.5 Å². The molecule has 0 fully saturated rings. The maximum atomic E-state index is 12.6. The molecule has 4 rings (SSSR count). The molecule has 140 valence electrons. The molecule has 0 bridgehead atoms. The Kier molecular flexibility index (Phi) is 4.81. The third-order valence-corrected chi connectivity index (χ3v) is 4.89. The van der Waals surface area contributed by atoms with Gasteiger partial charge < -0.3 is 9.84 Å². The molecule has 0 unspecified atom stereocenters. The van der Waals surface area contributed by atoms with Gasteiger partial charge in [0.05, 0.1) is 17.3 Å². The van der Waals surface area contributed by atoms with Gasteiger partial charge in [-0.05, 0) is 48.0 Å². The zero-order valence-electron chi connectivity index (χ0n) is 15.4. The number of esters is 1. The second-order valence-corrected chi connectivity index (χ2v) is 6.75. The number of hydrogen-bond acceptors (Lipinski definition) is 5. The Morgan fingerprint density at radius 1 is 1.00 bits per heavy atom. The van der Waals surface area contributed by atoms with E-state index in [1.165, 1.54) is 0 Å². The number of phenolic OH excluding ortho intramolecular Hbond substituents is 1. The van der Waals surface area contributed by atoms with E-state index in [2.05, 4.69) is 10.5 Å². The Morgan fingerprint density at radius 3 is 2.43 bits per heavy atom. The van der Waals surface area contributed by atoms with Crippen molar-refractivity contribution in [1.29, 1.82) is 0 Å². The first-order valence-electron chi connectivity index (χ1n) is 9.12. The Hall–Kier alpha value is -3.60. The van der Waals surface area contributed by atoms with Gasteiger partial charge in [0.2, 0.25) is 0 Å². The topological polar surface area (TPSA) is 70.9 Å². The Bertz CT molecular complexity index is 1010. The van der Waals surface area contributed by atoms with Crippen molar-refractivity contribution < 1.29 is 14.6 Å². The van der Waals surface area contributed by atoms with Crippen LogP contribution in [0.2, 0.25) is 0 Å². The van der Waals surface area contributed by atoms with Crippen LogP contribution in [0.25, 0.3) is 0 Å². The molecule has 2 N–H and O–H groups in total. The van der Waals surface area contributed by atoms with Gasteiger partial charge in [-0.3, -0.25) is 10.2 Å². The van der Waals surface area contributed by atoms with Gasteiger partial charge >= 0.3 is 5.97 Å². The summed E-state index contributed by atoms with van der Waals surface area (Å²) < 4.78 is 5.45. The lowest BCUT2D eigenvalue weighted by Gasteiger charge is -2.20. The normalized spacial score (nSPS) is 17.0. The Balaban J connectivity index is 1.72. The number of carbonyl (C=O) groups excluding carboxylic acids is 1. The monoisotopic (exact) mass is 372 g/mol. The van der Waals surface area contributed by atoms with Gasteiger partial charge in [-0.25, -0.2) is 0 Å². The molecule has 5 heteroatoms. The van der Waals surface area contributed by atoms with Gasteiger partial charge in [0.1, 0.15) is 11.5 Å². The van der Waals surface area contributed by atoms with Crippen LogP contribution >= 0.6 is 0 Å². The van der Waals surface area contributed by atoms with Crippen molar-refractivity contribution in [3.63, 3.8) is 0 Å². The lowest BCUT2D eigenvalue weighted by atomic mass is 9.83. The van der Waals surface area contributed by atoms with Gasteiger partial charge in [-0.1, -0.05) is 43.3 Å². The van der Waals surface area contributed by atoms with Crippen molar-refractivity contribution in [3.8, 4) is 11.5 Å². The summed E-state index contributed by atoms with van der Waals surface area (Å²) in [6.45, 7) is 1.96. The largest absolute Gasteiger partial charge is 0.508 e. The minimum Gasteiger partial charge on any atom is -0.508 e. The molecule has 28 heavy (non-hydrogen) atoms. The lowest BCUT2D eigenvalue weighted by Crippen LogP contribution is -2.26. The number of nitrogens with one attached hydrogen (secondary N) is 1. The predicted molar refractivity (Wildman–Crippen MR) is 109 cm³/mol. The van der Waals surface area contributed by atoms with Crippen molar-refractivity contribution in [2.75, 3.05) is 5.43 Å². The van der Waals surface area contributed by atoms with E-state index in [1.54, 1.807) is 30.3 Å². The SMILES string of the molecule is C[C@@H](/C(=N/Nc1ccccc1)c1ccc(O)cc1)[C@H]1C(=O)Oc2ccccc21. The first-order valence-corrected chi connectivity index (χ1v) is 9.12. The van der Waals surface area contributed by atoms with E-state index >= 15 is 0 Å². The number of benzene rings is 3. The first kappa shape index (κ1) is 17.8. The van der Waals surface area contributed by atoms with Crippen molar-refractivity contribution in [3.05, 3.63) is 90.0 Å². The molecular weight excluding hydrogens is 352 g/mol. The fourth-order valence-corrected chi connectivity index (χ4v) is 3.46. The Labute approximate surface area is 163 Å². The Morgan fingerprint density at radius 2 is 1.68 bits per heavy atom. The minimum absolute atomic E-state index is 0.178. The summed E-state index contributed by atoms with van der Waals surface area (Å²) in [4.78, 5) is 12.6. The number of phenols is 1. The second kappa shape index (κ2) is 7.56. The van der Waals surface area contributed by atoms with Crippen LogP contribution in [0, 0.1) is 5.92 Å². The lowest BCUT2D eigenvalue weighted by molar-refractivity contribution is -0.134. The van der Waals surface area contributed by atoms with E-state index in [0.717, 1.165) is 16.8 Å². The minimum atomic E-state index is -0.443. The molecule has 1 aliphatic heterocycles. The van der Waals surface area contributed by atoms with Crippen LogP contribution in [0.4, 0.5) is 5.69 Å². The number of ether oxygens (including phenoxy) is 1. The molecule has 3 aromatic carbocycles. The highest BCUT2D eigenvalue weighted by molar-refractivity contribution is 6.06. The second-order valence-electron chi connectivity index (χ2n) is 6.75. The number of carbonyl (C=O) groups is 1. The van der Waals surface area contributed by atoms with Crippen LogP contribution in [0.15, 0.2) is 84.0 Å². The summed E-state index contributed by atoms with van der Waals surface area (Å²) in [5.74, 6) is -0.180. The van der Waals surface area contributed by atoms with Gasteiger partial charge in [0.15, 0.2) is 0 Å². The van der Waals surface area contributed by atoms with Gasteiger partial charge in [0.25, 0.3) is 0 Å². The summed E-state index contributed by atoms with van der Waals surface area (Å²) in [6.07, 6.45) is 0. The molecule has 2 atom stereocenters. The van der Waals surface area contributed by atoms with E-state index in [9.17, 15) is 9.90 Å².